The highest BCUT2D eigenvalue weighted by Gasteiger charge is 2.18. The summed E-state index contributed by atoms with van der Waals surface area (Å²) in [6.07, 6.45) is 4.04. The van der Waals surface area contributed by atoms with E-state index in [2.05, 4.69) is 43.0 Å². The van der Waals surface area contributed by atoms with Crippen LogP contribution in [0.3, 0.4) is 0 Å². The molecule has 0 aliphatic carbocycles. The minimum Gasteiger partial charge on any atom is -0.348 e. The molecular formula is C11H21N3. The number of hydrogen-bond acceptors (Lipinski definition) is 2. The van der Waals surface area contributed by atoms with E-state index in [1.165, 1.54) is 0 Å². The minimum absolute atomic E-state index is 0.241. The molecule has 0 amide bonds. The summed E-state index contributed by atoms with van der Waals surface area (Å²) in [5.41, 5.74) is 2.52. The average molecular weight is 195 g/mol. The first kappa shape index (κ1) is 11.2. The van der Waals surface area contributed by atoms with E-state index in [-0.39, 0.29) is 5.54 Å². The average Bonchev–Trinajstić information content (AvgIpc) is 2.61. The van der Waals surface area contributed by atoms with E-state index in [0.717, 1.165) is 30.8 Å². The monoisotopic (exact) mass is 195 g/mol. The number of imidazole rings is 1. The van der Waals surface area contributed by atoms with Crippen LogP contribution in [-0.4, -0.2) is 15.5 Å². The highest BCUT2D eigenvalue weighted by Crippen LogP contribution is 2.14. The third kappa shape index (κ3) is 2.58. The second-order valence-electron chi connectivity index (χ2n) is 4.10. The maximum Gasteiger partial charge on any atom is 0.0925 e. The van der Waals surface area contributed by atoms with Gasteiger partial charge in [-0.15, -0.1) is 0 Å². The summed E-state index contributed by atoms with van der Waals surface area (Å²) in [6.45, 7) is 9.60. The topological polar surface area (TPSA) is 40.7 Å². The molecule has 0 atom stereocenters. The first-order valence-electron chi connectivity index (χ1n) is 5.35. The van der Waals surface area contributed by atoms with Crippen molar-refractivity contribution in [2.45, 2.75) is 52.6 Å². The van der Waals surface area contributed by atoms with Gasteiger partial charge in [-0.2, -0.15) is 0 Å². The maximum atomic E-state index is 4.27. The van der Waals surface area contributed by atoms with Gasteiger partial charge >= 0.3 is 0 Å². The summed E-state index contributed by atoms with van der Waals surface area (Å²) in [7, 11) is 0. The van der Waals surface area contributed by atoms with Gasteiger partial charge in [-0.05, 0) is 26.7 Å². The summed E-state index contributed by atoms with van der Waals surface area (Å²) in [5.74, 6) is 0. The molecule has 3 heteroatoms. The molecule has 80 valence electrons. The second kappa shape index (κ2) is 4.60. The number of rotatable bonds is 5. The zero-order chi connectivity index (χ0) is 10.6. The Bertz CT molecular complexity index is 274. The predicted octanol–water partition coefficient (Wildman–Crippen LogP) is 2.39. The lowest BCUT2D eigenvalue weighted by Gasteiger charge is -2.28. The molecule has 0 bridgehead atoms. The van der Waals surface area contributed by atoms with Gasteiger partial charge in [-0.3, -0.25) is 0 Å². The molecule has 14 heavy (non-hydrogen) atoms. The Kier molecular flexibility index (Phi) is 3.69. The molecule has 1 aromatic heterocycles. The number of nitrogens with zero attached hydrogens (tertiary/aromatic N) is 1. The van der Waals surface area contributed by atoms with Crippen molar-refractivity contribution in [3.8, 4) is 0 Å². The lowest BCUT2D eigenvalue weighted by Crippen LogP contribution is -2.40. The Morgan fingerprint density at radius 1 is 1.43 bits per heavy atom. The van der Waals surface area contributed by atoms with Crippen LogP contribution in [-0.2, 0) is 6.54 Å². The molecule has 2 N–H and O–H groups in total. The fourth-order valence-corrected chi connectivity index (χ4v) is 1.36. The van der Waals surface area contributed by atoms with Crippen molar-refractivity contribution in [1.82, 2.24) is 15.3 Å². The second-order valence-corrected chi connectivity index (χ2v) is 4.10. The fraction of sp³-hybridized carbons (Fsp3) is 0.727. The lowest BCUT2D eigenvalue weighted by atomic mass is 9.95. The Morgan fingerprint density at radius 2 is 2.07 bits per heavy atom. The smallest absolute Gasteiger partial charge is 0.0925 e. The number of aryl methyl sites for hydroxylation is 1. The largest absolute Gasteiger partial charge is 0.348 e. The van der Waals surface area contributed by atoms with Crippen molar-refractivity contribution in [2.75, 3.05) is 0 Å². The van der Waals surface area contributed by atoms with Crippen LogP contribution >= 0.6 is 0 Å². The predicted molar refractivity (Wildman–Crippen MR) is 59.2 cm³/mol. The number of H-pyrrole nitrogens is 1. The van der Waals surface area contributed by atoms with E-state index in [1.807, 2.05) is 0 Å². The number of aromatic amines is 1. The third-order valence-corrected chi connectivity index (χ3v) is 3.18. The molecule has 0 saturated carbocycles. The van der Waals surface area contributed by atoms with Gasteiger partial charge in [0.15, 0.2) is 0 Å². The first-order valence-corrected chi connectivity index (χ1v) is 5.35. The molecule has 1 aromatic rings. The van der Waals surface area contributed by atoms with Crippen LogP contribution in [0, 0.1) is 6.92 Å². The minimum atomic E-state index is 0.241. The van der Waals surface area contributed by atoms with Crippen LogP contribution in [0.1, 0.15) is 45.0 Å². The van der Waals surface area contributed by atoms with Gasteiger partial charge in [0.1, 0.15) is 0 Å². The highest BCUT2D eigenvalue weighted by atomic mass is 15.0. The van der Waals surface area contributed by atoms with Crippen molar-refractivity contribution in [3.63, 3.8) is 0 Å². The first-order chi connectivity index (χ1) is 6.61. The van der Waals surface area contributed by atoms with E-state index >= 15 is 0 Å². The highest BCUT2D eigenvalue weighted by molar-refractivity contribution is 5.08. The van der Waals surface area contributed by atoms with Gasteiger partial charge < -0.3 is 10.3 Å². The zero-order valence-electron chi connectivity index (χ0n) is 9.65. The van der Waals surface area contributed by atoms with Crippen LogP contribution in [0.2, 0.25) is 0 Å². The molecule has 0 saturated heterocycles. The summed E-state index contributed by atoms with van der Waals surface area (Å²) in [4.78, 5) is 7.36. The normalized spacial score (nSPS) is 12.0. The van der Waals surface area contributed by atoms with Crippen LogP contribution < -0.4 is 5.32 Å². The molecule has 0 unspecified atom stereocenters. The van der Waals surface area contributed by atoms with Crippen LogP contribution in [0.25, 0.3) is 0 Å². The molecule has 0 radical (unpaired) electrons. The van der Waals surface area contributed by atoms with Crippen molar-refractivity contribution < 1.29 is 0 Å². The molecular weight excluding hydrogens is 174 g/mol. The van der Waals surface area contributed by atoms with Gasteiger partial charge in [0.05, 0.1) is 12.0 Å². The molecule has 0 aliphatic heterocycles. The fourth-order valence-electron chi connectivity index (χ4n) is 1.36. The van der Waals surface area contributed by atoms with Crippen LogP contribution in [0.15, 0.2) is 6.33 Å². The Morgan fingerprint density at radius 3 is 2.50 bits per heavy atom. The molecule has 0 spiro atoms. The van der Waals surface area contributed by atoms with Crippen LogP contribution in [0.4, 0.5) is 0 Å². The van der Waals surface area contributed by atoms with E-state index in [0.29, 0.717) is 0 Å². The quantitative estimate of drug-likeness (QED) is 0.757. The van der Waals surface area contributed by atoms with Crippen molar-refractivity contribution in [1.29, 1.82) is 0 Å². The summed E-state index contributed by atoms with van der Waals surface area (Å²) >= 11 is 0. The Hall–Kier alpha value is -0.830. The number of nitrogens with one attached hydrogen (secondary N) is 2. The molecule has 0 aromatic carbocycles. The SMILES string of the molecule is CCC(C)(CC)NCc1nc[nH]c1C. The molecule has 0 fully saturated rings. The number of hydrogen-bond donors (Lipinski definition) is 2. The van der Waals surface area contributed by atoms with E-state index < -0.39 is 0 Å². The van der Waals surface area contributed by atoms with Gasteiger partial charge in [0.2, 0.25) is 0 Å². The molecule has 1 heterocycles. The third-order valence-electron chi connectivity index (χ3n) is 3.18. The van der Waals surface area contributed by atoms with E-state index in [1.54, 1.807) is 6.33 Å². The molecule has 1 rings (SSSR count). The van der Waals surface area contributed by atoms with Gasteiger partial charge in [0, 0.05) is 17.8 Å². The van der Waals surface area contributed by atoms with Gasteiger partial charge in [-0.25, -0.2) is 4.98 Å². The zero-order valence-corrected chi connectivity index (χ0v) is 9.65. The summed E-state index contributed by atoms with van der Waals surface area (Å²) < 4.78 is 0. The van der Waals surface area contributed by atoms with Crippen molar-refractivity contribution in [3.05, 3.63) is 17.7 Å². The standard InChI is InChI=1S/C11H21N3/c1-5-11(4,6-2)14-7-10-9(3)12-8-13-10/h8,14H,5-7H2,1-4H3,(H,12,13). The summed E-state index contributed by atoms with van der Waals surface area (Å²) in [6, 6.07) is 0. The van der Waals surface area contributed by atoms with Gasteiger partial charge in [0.25, 0.3) is 0 Å². The molecule has 0 aliphatic rings. The maximum absolute atomic E-state index is 4.27. The Labute approximate surface area is 86.3 Å². The summed E-state index contributed by atoms with van der Waals surface area (Å²) in [5, 5.41) is 3.56. The number of aromatic nitrogens is 2. The van der Waals surface area contributed by atoms with E-state index in [9.17, 15) is 0 Å². The van der Waals surface area contributed by atoms with Crippen molar-refractivity contribution >= 4 is 0 Å². The van der Waals surface area contributed by atoms with Gasteiger partial charge in [-0.1, -0.05) is 13.8 Å². The lowest BCUT2D eigenvalue weighted by molar-refractivity contribution is 0.327. The van der Waals surface area contributed by atoms with Crippen molar-refractivity contribution in [2.24, 2.45) is 0 Å². The van der Waals surface area contributed by atoms with E-state index in [4.69, 9.17) is 0 Å². The Balaban J connectivity index is 2.52. The molecule has 3 nitrogen and oxygen atoms in total. The van der Waals surface area contributed by atoms with Crippen LogP contribution in [0.5, 0.6) is 0 Å².